The van der Waals surface area contributed by atoms with Crippen LogP contribution in [0.2, 0.25) is 0 Å². The monoisotopic (exact) mass is 705 g/mol. The molecule has 0 aliphatic carbocycles. The van der Waals surface area contributed by atoms with Crippen molar-refractivity contribution in [2.45, 2.75) is 81.3 Å². The first kappa shape index (κ1) is 38.7. The summed E-state index contributed by atoms with van der Waals surface area (Å²) in [6, 6.07) is 22.4. The molecule has 0 aliphatic rings. The second-order valence-corrected chi connectivity index (χ2v) is 12.8. The molecule has 6 rings (SSSR count). The Kier molecular flexibility index (Phi) is 12.8. The van der Waals surface area contributed by atoms with E-state index < -0.39 is 0 Å². The summed E-state index contributed by atoms with van der Waals surface area (Å²) in [7, 11) is 0. The number of aromatic amines is 1. The van der Waals surface area contributed by atoms with Crippen LogP contribution in [-0.2, 0) is 13.1 Å². The van der Waals surface area contributed by atoms with Crippen molar-refractivity contribution in [3.8, 4) is 33.8 Å². The Morgan fingerprint density at radius 2 is 1.04 bits per heavy atom. The molecule has 0 aliphatic heterocycles. The minimum Gasteiger partial charge on any atom is -0.398 e. The molecule has 3 heterocycles. The number of nitrogen functional groups attached to an aromatic ring is 1. The topological polar surface area (TPSA) is 177 Å². The van der Waals surface area contributed by atoms with Crippen LogP contribution in [0.25, 0.3) is 33.8 Å². The maximum absolute atomic E-state index is 11.0. The summed E-state index contributed by atoms with van der Waals surface area (Å²) < 4.78 is 3.98. The predicted molar refractivity (Wildman–Crippen MR) is 206 cm³/mol. The van der Waals surface area contributed by atoms with Crippen molar-refractivity contribution in [2.24, 2.45) is 0 Å². The van der Waals surface area contributed by atoms with Gasteiger partial charge in [-0.25, -0.2) is 0 Å². The van der Waals surface area contributed by atoms with Gasteiger partial charge in [-0.15, -0.1) is 0 Å². The van der Waals surface area contributed by atoms with E-state index in [-0.39, 0.29) is 21.2 Å². The molecule has 3 aromatic heterocycles. The molecule has 3 aromatic carbocycles. The maximum atomic E-state index is 11.0. The standard InChI is InChI=1S/C14H17N3O2.C14H19N3.C11H11N3O2/c1-4-7-16-11(3)8-13(15-16)12-6-5-10(2)14(9-12)17(18)19;1-4-7-17-11(3)8-14(16-17)12-6-5-10(2)13(15)9-12;1-7-3-4-9(6-11(7)14(15)16)10-5-8(2)12-13-10/h5-6,8-9H,4,7H2,1-3H3;5-6,8-9H,4,7,15H2,1-3H3;3-6H,1-2H3,(H,12,13). The van der Waals surface area contributed by atoms with Gasteiger partial charge in [0.05, 0.1) is 26.9 Å². The van der Waals surface area contributed by atoms with E-state index in [1.54, 1.807) is 38.1 Å². The molecule has 0 saturated heterocycles. The number of nitro groups is 2. The predicted octanol–water partition coefficient (Wildman–Crippen LogP) is 9.25. The Hall–Kier alpha value is -6.11. The Balaban J connectivity index is 0.000000175. The quantitative estimate of drug-likeness (QED) is 0.0849. The highest BCUT2D eigenvalue weighted by atomic mass is 16.6. The highest BCUT2D eigenvalue weighted by molar-refractivity contribution is 5.67. The zero-order valence-electron chi connectivity index (χ0n) is 31.1. The van der Waals surface area contributed by atoms with E-state index in [0.717, 1.165) is 82.3 Å². The molecular formula is C39H47N9O4. The Labute approximate surface area is 303 Å². The summed E-state index contributed by atoms with van der Waals surface area (Å²) in [6.07, 6.45) is 2.11. The van der Waals surface area contributed by atoms with Gasteiger partial charge in [0, 0.05) is 75.8 Å². The number of aromatic nitrogens is 6. The fourth-order valence-electron chi connectivity index (χ4n) is 5.48. The van der Waals surface area contributed by atoms with Gasteiger partial charge in [0.2, 0.25) is 0 Å². The summed E-state index contributed by atoms with van der Waals surface area (Å²) in [5, 5.41) is 37.7. The summed E-state index contributed by atoms with van der Waals surface area (Å²) >= 11 is 0. The molecule has 0 spiro atoms. The highest BCUT2D eigenvalue weighted by Crippen LogP contribution is 2.28. The smallest absolute Gasteiger partial charge is 0.272 e. The van der Waals surface area contributed by atoms with Crippen LogP contribution in [-0.4, -0.2) is 39.6 Å². The molecule has 3 N–H and O–H groups in total. The molecule has 0 saturated carbocycles. The van der Waals surface area contributed by atoms with E-state index in [0.29, 0.717) is 11.1 Å². The molecule has 0 atom stereocenters. The van der Waals surface area contributed by atoms with Gasteiger partial charge in [-0.05, 0) is 84.2 Å². The van der Waals surface area contributed by atoms with Crippen molar-refractivity contribution in [1.29, 1.82) is 0 Å². The van der Waals surface area contributed by atoms with Gasteiger partial charge in [0.25, 0.3) is 11.4 Å². The van der Waals surface area contributed by atoms with Gasteiger partial charge in [0.1, 0.15) is 0 Å². The van der Waals surface area contributed by atoms with Crippen molar-refractivity contribution in [3.05, 3.63) is 127 Å². The van der Waals surface area contributed by atoms with Gasteiger partial charge in [-0.3, -0.25) is 34.7 Å². The molecule has 52 heavy (non-hydrogen) atoms. The maximum Gasteiger partial charge on any atom is 0.272 e. The number of H-pyrrole nitrogens is 1. The first-order valence-electron chi connectivity index (χ1n) is 17.2. The van der Waals surface area contributed by atoms with Crippen LogP contribution in [0.5, 0.6) is 0 Å². The number of anilines is 1. The Morgan fingerprint density at radius 3 is 1.42 bits per heavy atom. The number of rotatable bonds is 9. The fraction of sp³-hybridized carbons (Fsp3) is 0.308. The van der Waals surface area contributed by atoms with E-state index in [1.807, 2.05) is 66.5 Å². The van der Waals surface area contributed by atoms with Crippen molar-refractivity contribution < 1.29 is 9.85 Å². The van der Waals surface area contributed by atoms with Gasteiger partial charge in [-0.1, -0.05) is 50.2 Å². The third-order valence-electron chi connectivity index (χ3n) is 8.52. The highest BCUT2D eigenvalue weighted by Gasteiger charge is 2.15. The van der Waals surface area contributed by atoms with Crippen LogP contribution < -0.4 is 5.73 Å². The van der Waals surface area contributed by atoms with Crippen molar-refractivity contribution >= 4 is 17.1 Å². The third-order valence-corrected chi connectivity index (χ3v) is 8.52. The molecule has 6 aromatic rings. The van der Waals surface area contributed by atoms with Crippen LogP contribution in [0.4, 0.5) is 17.1 Å². The zero-order valence-corrected chi connectivity index (χ0v) is 31.1. The van der Waals surface area contributed by atoms with E-state index in [1.165, 1.54) is 5.69 Å². The Bertz CT molecular complexity index is 2180. The molecule has 0 fully saturated rings. The number of nitrogens with zero attached hydrogens (tertiary/aromatic N) is 7. The van der Waals surface area contributed by atoms with Crippen LogP contribution in [0.15, 0.2) is 72.8 Å². The van der Waals surface area contributed by atoms with Crippen LogP contribution in [0, 0.1) is 61.8 Å². The first-order chi connectivity index (χ1) is 24.7. The third kappa shape index (κ3) is 9.56. The van der Waals surface area contributed by atoms with E-state index in [4.69, 9.17) is 5.73 Å². The molecule has 0 radical (unpaired) electrons. The number of nitrogens with two attached hydrogens (primary N) is 1. The average Bonchev–Trinajstić information content (AvgIpc) is 3.81. The normalized spacial score (nSPS) is 10.6. The van der Waals surface area contributed by atoms with E-state index >= 15 is 0 Å². The lowest BCUT2D eigenvalue weighted by atomic mass is 10.1. The summed E-state index contributed by atoms with van der Waals surface area (Å²) in [6.45, 7) is 17.5. The second-order valence-electron chi connectivity index (χ2n) is 12.8. The lowest BCUT2D eigenvalue weighted by Gasteiger charge is -2.02. The van der Waals surface area contributed by atoms with Gasteiger partial charge in [0.15, 0.2) is 0 Å². The van der Waals surface area contributed by atoms with E-state index in [2.05, 4.69) is 53.3 Å². The second kappa shape index (κ2) is 17.2. The number of hydrogen-bond acceptors (Lipinski definition) is 8. The van der Waals surface area contributed by atoms with E-state index in [9.17, 15) is 20.2 Å². The average molecular weight is 706 g/mol. The number of benzene rings is 3. The zero-order chi connectivity index (χ0) is 38.1. The van der Waals surface area contributed by atoms with Gasteiger partial charge < -0.3 is 5.73 Å². The summed E-state index contributed by atoms with van der Waals surface area (Å²) in [4.78, 5) is 21.0. The fourth-order valence-corrected chi connectivity index (χ4v) is 5.48. The van der Waals surface area contributed by atoms with Crippen molar-refractivity contribution in [2.75, 3.05) is 5.73 Å². The molecule has 0 unspecified atom stereocenters. The summed E-state index contributed by atoms with van der Waals surface area (Å²) in [5.74, 6) is 0. The molecule has 13 nitrogen and oxygen atoms in total. The van der Waals surface area contributed by atoms with Crippen LogP contribution >= 0.6 is 0 Å². The lowest BCUT2D eigenvalue weighted by molar-refractivity contribution is -0.385. The first-order valence-corrected chi connectivity index (χ1v) is 17.2. The molecule has 0 bridgehead atoms. The number of hydrogen-bond donors (Lipinski definition) is 2. The molecule has 13 heteroatoms. The molecule has 0 amide bonds. The number of nitro benzene ring substituents is 2. The minimum atomic E-state index is -0.377. The number of aryl methyl sites for hydroxylation is 8. The largest absolute Gasteiger partial charge is 0.398 e. The minimum absolute atomic E-state index is 0.123. The van der Waals surface area contributed by atoms with Gasteiger partial charge >= 0.3 is 0 Å². The van der Waals surface area contributed by atoms with Crippen molar-refractivity contribution in [3.63, 3.8) is 0 Å². The Morgan fingerprint density at radius 1 is 0.615 bits per heavy atom. The van der Waals surface area contributed by atoms with Crippen LogP contribution in [0.1, 0.15) is 60.5 Å². The summed E-state index contributed by atoms with van der Waals surface area (Å²) in [5.41, 5.74) is 17.8. The number of nitrogens with one attached hydrogen (secondary N) is 1. The van der Waals surface area contributed by atoms with Crippen molar-refractivity contribution in [1.82, 2.24) is 29.8 Å². The SMILES string of the molecule is CCCn1nc(-c2ccc(C)c(N)c2)cc1C.CCCn1nc(-c2ccc(C)c([N+](=O)[O-])c2)cc1C.Cc1cc(-c2ccc(C)c([N+](=O)[O-])c2)n[nH]1. The van der Waals surface area contributed by atoms with Crippen LogP contribution in [0.3, 0.4) is 0 Å². The molecule has 272 valence electrons. The van der Waals surface area contributed by atoms with Gasteiger partial charge in [-0.2, -0.15) is 15.3 Å². The lowest BCUT2D eigenvalue weighted by Crippen LogP contribution is -2.00. The molecular weight excluding hydrogens is 658 g/mol.